The second kappa shape index (κ2) is 6.05. The van der Waals surface area contributed by atoms with Crippen molar-refractivity contribution in [2.75, 3.05) is 0 Å². The number of hydrogen-bond acceptors (Lipinski definition) is 5. The maximum atomic E-state index is 12.4. The zero-order valence-electron chi connectivity index (χ0n) is 12.3. The first-order valence-electron chi connectivity index (χ1n) is 7.28. The Kier molecular flexibility index (Phi) is 3.96. The number of ether oxygens (including phenoxy) is 1. The molecule has 0 unspecified atom stereocenters. The summed E-state index contributed by atoms with van der Waals surface area (Å²) in [4.78, 5) is 32.0. The second-order valence-electron chi connectivity index (χ2n) is 5.34. The van der Waals surface area contributed by atoms with Gasteiger partial charge in [-0.3, -0.25) is 9.78 Å². The summed E-state index contributed by atoms with van der Waals surface area (Å²) >= 11 is 0. The van der Waals surface area contributed by atoms with Crippen LogP contribution in [-0.2, 0) is 17.6 Å². The minimum Gasteiger partial charge on any atom is -0.449 e. The summed E-state index contributed by atoms with van der Waals surface area (Å²) < 4.78 is 5.18. The molecule has 1 aliphatic carbocycles. The Morgan fingerprint density at radius 1 is 1.18 bits per heavy atom. The Morgan fingerprint density at radius 3 is 2.77 bits per heavy atom. The van der Waals surface area contributed by atoms with Crippen LogP contribution in [-0.4, -0.2) is 27.8 Å². The summed E-state index contributed by atoms with van der Waals surface area (Å²) in [7, 11) is 0. The van der Waals surface area contributed by atoms with E-state index < -0.39 is 12.1 Å². The molecule has 0 radical (unpaired) electrons. The molecule has 1 aromatic heterocycles. The van der Waals surface area contributed by atoms with Crippen molar-refractivity contribution in [3.8, 4) is 0 Å². The number of aromatic nitrogens is 2. The van der Waals surface area contributed by atoms with Gasteiger partial charge >= 0.3 is 5.97 Å². The highest BCUT2D eigenvalue weighted by Crippen LogP contribution is 2.23. The van der Waals surface area contributed by atoms with Crippen LogP contribution < -0.4 is 0 Å². The fraction of sp³-hybridized carbons (Fsp3) is 0.294. The van der Waals surface area contributed by atoms with Crippen LogP contribution in [0.5, 0.6) is 0 Å². The fourth-order valence-electron chi connectivity index (χ4n) is 2.64. The molecular weight excluding hydrogens is 280 g/mol. The lowest BCUT2D eigenvalue weighted by Crippen LogP contribution is -2.25. The van der Waals surface area contributed by atoms with E-state index in [4.69, 9.17) is 4.74 Å². The van der Waals surface area contributed by atoms with Crippen LogP contribution in [0.1, 0.15) is 45.3 Å². The van der Waals surface area contributed by atoms with Crippen LogP contribution in [0.3, 0.4) is 0 Å². The van der Waals surface area contributed by atoms with Crippen molar-refractivity contribution in [2.45, 2.75) is 32.3 Å². The van der Waals surface area contributed by atoms with Crippen molar-refractivity contribution in [3.05, 3.63) is 59.2 Å². The van der Waals surface area contributed by atoms with E-state index in [1.54, 1.807) is 13.0 Å². The van der Waals surface area contributed by atoms with Crippen LogP contribution in [0.15, 0.2) is 36.8 Å². The lowest BCUT2D eigenvalue weighted by molar-refractivity contribution is 0.0312. The van der Waals surface area contributed by atoms with Gasteiger partial charge in [-0.1, -0.05) is 12.1 Å². The van der Waals surface area contributed by atoms with Gasteiger partial charge in [0.15, 0.2) is 11.8 Å². The van der Waals surface area contributed by atoms with E-state index in [-0.39, 0.29) is 11.5 Å². The van der Waals surface area contributed by atoms with Gasteiger partial charge in [0.2, 0.25) is 5.78 Å². The van der Waals surface area contributed by atoms with Crippen molar-refractivity contribution in [2.24, 2.45) is 0 Å². The summed E-state index contributed by atoms with van der Waals surface area (Å²) in [6.07, 6.45) is 6.54. The van der Waals surface area contributed by atoms with Crippen LogP contribution in [0.4, 0.5) is 0 Å². The lowest BCUT2D eigenvalue weighted by Gasteiger charge is -2.12. The highest BCUT2D eigenvalue weighted by molar-refractivity contribution is 6.01. The molecule has 0 N–H and O–H groups in total. The SMILES string of the molecule is C[C@H](OC(=O)c1cnccn1)C(=O)c1ccc2c(c1)CCC2. The van der Waals surface area contributed by atoms with Gasteiger partial charge in [0.1, 0.15) is 0 Å². The first-order chi connectivity index (χ1) is 10.6. The van der Waals surface area contributed by atoms with E-state index in [2.05, 4.69) is 9.97 Å². The molecule has 1 aliphatic rings. The molecule has 0 spiro atoms. The maximum absolute atomic E-state index is 12.4. The molecule has 1 heterocycles. The molecule has 5 nitrogen and oxygen atoms in total. The topological polar surface area (TPSA) is 69.2 Å². The zero-order chi connectivity index (χ0) is 15.5. The monoisotopic (exact) mass is 296 g/mol. The van der Waals surface area contributed by atoms with E-state index in [1.165, 1.54) is 29.7 Å². The Hall–Kier alpha value is -2.56. The van der Waals surface area contributed by atoms with Crippen molar-refractivity contribution in [1.82, 2.24) is 9.97 Å². The molecule has 0 bridgehead atoms. The number of Topliss-reactive ketones (excluding diaryl/α,β-unsaturated/α-hetero) is 1. The third kappa shape index (κ3) is 2.88. The van der Waals surface area contributed by atoms with Gasteiger partial charge in [0, 0.05) is 18.0 Å². The number of esters is 1. The van der Waals surface area contributed by atoms with Gasteiger partial charge in [-0.25, -0.2) is 9.78 Å². The average Bonchev–Trinajstić information content (AvgIpc) is 3.02. The molecule has 0 fully saturated rings. The van der Waals surface area contributed by atoms with Crippen LogP contribution >= 0.6 is 0 Å². The van der Waals surface area contributed by atoms with E-state index in [9.17, 15) is 9.59 Å². The van der Waals surface area contributed by atoms with Gasteiger partial charge in [-0.2, -0.15) is 0 Å². The summed E-state index contributed by atoms with van der Waals surface area (Å²) in [5, 5.41) is 0. The number of hydrogen-bond donors (Lipinski definition) is 0. The number of carbonyl (C=O) groups excluding carboxylic acids is 2. The smallest absolute Gasteiger partial charge is 0.359 e. The number of rotatable bonds is 4. The first-order valence-corrected chi connectivity index (χ1v) is 7.28. The van der Waals surface area contributed by atoms with Crippen LogP contribution in [0.25, 0.3) is 0 Å². The first kappa shape index (κ1) is 14.4. The average molecular weight is 296 g/mol. The van der Waals surface area contributed by atoms with Crippen LogP contribution in [0, 0.1) is 0 Å². The van der Waals surface area contributed by atoms with Gasteiger partial charge in [0.25, 0.3) is 0 Å². The van der Waals surface area contributed by atoms with Crippen molar-refractivity contribution in [3.63, 3.8) is 0 Å². The number of benzene rings is 1. The van der Waals surface area contributed by atoms with E-state index >= 15 is 0 Å². The normalized spacial score (nSPS) is 14.2. The summed E-state index contributed by atoms with van der Waals surface area (Å²) in [6, 6.07) is 5.71. The molecule has 0 saturated heterocycles. The molecule has 112 valence electrons. The predicted octanol–water partition coefficient (Wildman–Crippen LogP) is 2.39. The third-order valence-electron chi connectivity index (χ3n) is 3.81. The predicted molar refractivity (Wildman–Crippen MR) is 79.7 cm³/mol. The maximum Gasteiger partial charge on any atom is 0.359 e. The van der Waals surface area contributed by atoms with Gasteiger partial charge < -0.3 is 4.74 Å². The lowest BCUT2D eigenvalue weighted by atomic mass is 10.0. The van der Waals surface area contributed by atoms with E-state index in [1.807, 2.05) is 12.1 Å². The molecule has 3 rings (SSSR count). The number of ketones is 1. The molecule has 2 aromatic rings. The summed E-state index contributed by atoms with van der Waals surface area (Å²) in [6.45, 7) is 1.57. The van der Waals surface area contributed by atoms with Crippen LogP contribution in [0.2, 0.25) is 0 Å². The molecule has 0 saturated carbocycles. The molecular formula is C17H16N2O3. The van der Waals surface area contributed by atoms with Gasteiger partial charge in [0.05, 0.1) is 6.20 Å². The Labute approximate surface area is 128 Å². The molecule has 5 heteroatoms. The number of fused-ring (bicyclic) bond motifs is 1. The standard InChI is InChI=1S/C17H16N2O3/c1-11(22-17(21)15-10-18-7-8-19-15)16(20)14-6-5-12-3-2-4-13(12)9-14/h5-11H,2-4H2,1H3/t11-/m0/s1. The molecule has 0 aliphatic heterocycles. The molecule has 22 heavy (non-hydrogen) atoms. The largest absolute Gasteiger partial charge is 0.449 e. The van der Waals surface area contributed by atoms with Crippen molar-refractivity contribution < 1.29 is 14.3 Å². The Morgan fingerprint density at radius 2 is 2.00 bits per heavy atom. The quantitative estimate of drug-likeness (QED) is 0.640. The minimum absolute atomic E-state index is 0.0936. The molecule has 0 amide bonds. The highest BCUT2D eigenvalue weighted by atomic mass is 16.5. The highest BCUT2D eigenvalue weighted by Gasteiger charge is 2.22. The summed E-state index contributed by atoms with van der Waals surface area (Å²) in [5.74, 6) is -0.845. The number of aryl methyl sites for hydroxylation is 2. The summed E-state index contributed by atoms with van der Waals surface area (Å²) in [5.41, 5.74) is 3.20. The zero-order valence-corrected chi connectivity index (χ0v) is 12.3. The van der Waals surface area contributed by atoms with E-state index in [0.717, 1.165) is 19.3 Å². The Bertz CT molecular complexity index is 713. The molecule has 1 atom stereocenters. The second-order valence-corrected chi connectivity index (χ2v) is 5.34. The Balaban J connectivity index is 1.71. The number of carbonyl (C=O) groups is 2. The fourth-order valence-corrected chi connectivity index (χ4v) is 2.64. The van der Waals surface area contributed by atoms with Crippen molar-refractivity contribution >= 4 is 11.8 Å². The van der Waals surface area contributed by atoms with Gasteiger partial charge in [-0.05, 0) is 43.4 Å². The minimum atomic E-state index is -0.853. The number of nitrogens with zero attached hydrogens (tertiary/aromatic N) is 2. The van der Waals surface area contributed by atoms with E-state index in [0.29, 0.717) is 5.56 Å². The molecule has 1 aromatic carbocycles. The van der Waals surface area contributed by atoms with Crippen molar-refractivity contribution in [1.29, 1.82) is 0 Å². The third-order valence-corrected chi connectivity index (χ3v) is 3.81. The van der Waals surface area contributed by atoms with Gasteiger partial charge in [-0.15, -0.1) is 0 Å².